The maximum Gasteiger partial charge on any atom is 0.419 e. The second-order valence-corrected chi connectivity index (χ2v) is 8.68. The number of aromatic nitrogens is 2. The summed E-state index contributed by atoms with van der Waals surface area (Å²) in [7, 11) is 0. The van der Waals surface area contributed by atoms with E-state index >= 15 is 0 Å². The van der Waals surface area contributed by atoms with Gasteiger partial charge in [0.15, 0.2) is 5.82 Å². The number of unbranched alkanes of at least 4 members (excludes halogenated alkanes) is 1. The highest BCUT2D eigenvalue weighted by Gasteiger charge is 2.34. The van der Waals surface area contributed by atoms with E-state index in [2.05, 4.69) is 14.7 Å². The quantitative estimate of drug-likeness (QED) is 0.129. The molecule has 0 saturated heterocycles. The third kappa shape index (κ3) is 6.11. The van der Waals surface area contributed by atoms with Gasteiger partial charge >= 0.3 is 12.1 Å². The first-order valence-corrected chi connectivity index (χ1v) is 11.8. The average Bonchev–Trinajstić information content (AvgIpc) is 2.86. The molecule has 4 nitrogen and oxygen atoms in total. The Morgan fingerprint density at radius 2 is 1.38 bits per heavy atom. The van der Waals surface area contributed by atoms with Gasteiger partial charge in [-0.25, -0.2) is 36.7 Å². The molecule has 12 heteroatoms. The van der Waals surface area contributed by atoms with Gasteiger partial charge < -0.3 is 4.74 Å². The maximum absolute atomic E-state index is 14.9. The molecule has 0 unspecified atom stereocenters. The first kappa shape index (κ1) is 28.7. The second-order valence-electron chi connectivity index (χ2n) is 8.68. The van der Waals surface area contributed by atoms with Gasteiger partial charge in [0.05, 0.1) is 11.1 Å². The highest BCUT2D eigenvalue weighted by Crippen LogP contribution is 2.34. The largest absolute Gasteiger partial charge is 0.423 e. The van der Waals surface area contributed by atoms with Crippen LogP contribution >= 0.6 is 0 Å². The SMILES string of the molecule is CCCCc1cnc(-c2cc(F)c(-c3cc(F)c(C(=O)Oc4ccc(C(F)(F)F)c(F)c4)c(F)c3)c(F)c2)nc1. The van der Waals surface area contributed by atoms with Crippen molar-refractivity contribution in [1.29, 1.82) is 0 Å². The van der Waals surface area contributed by atoms with E-state index < -0.39 is 69.2 Å². The van der Waals surface area contributed by atoms with Crippen LogP contribution in [0.2, 0.25) is 0 Å². The van der Waals surface area contributed by atoms with Crippen LogP contribution in [0.15, 0.2) is 54.9 Å². The zero-order valence-electron chi connectivity index (χ0n) is 20.6. The van der Waals surface area contributed by atoms with Gasteiger partial charge in [0, 0.05) is 24.0 Å². The Hall–Kier alpha value is -4.35. The number of carbonyl (C=O) groups excluding carboxylic acids is 1. The Morgan fingerprint density at radius 3 is 1.90 bits per heavy atom. The average molecular weight is 566 g/mol. The molecule has 208 valence electrons. The molecule has 0 aliphatic carbocycles. The Morgan fingerprint density at radius 1 is 0.800 bits per heavy atom. The number of benzene rings is 3. The summed E-state index contributed by atoms with van der Waals surface area (Å²) in [5.41, 5.74) is -3.52. The summed E-state index contributed by atoms with van der Waals surface area (Å²) in [6.07, 6.45) is 0.655. The highest BCUT2D eigenvalue weighted by atomic mass is 19.4. The van der Waals surface area contributed by atoms with Crippen LogP contribution in [-0.4, -0.2) is 15.9 Å². The molecular weight excluding hydrogens is 548 g/mol. The van der Waals surface area contributed by atoms with Gasteiger partial charge in [-0.05, 0) is 60.4 Å². The van der Waals surface area contributed by atoms with Crippen LogP contribution in [0.25, 0.3) is 22.5 Å². The Kier molecular flexibility index (Phi) is 8.17. The van der Waals surface area contributed by atoms with Crippen molar-refractivity contribution in [1.82, 2.24) is 9.97 Å². The standard InChI is InChI=1S/C28H18F8N2O2/c1-2-3-4-14-12-37-26(38-13-14)16-9-20(30)24(21(31)10-16)15-7-22(32)25(23(33)8-15)27(39)40-17-5-6-18(19(29)11-17)28(34,35)36/h5-13H,2-4H2,1H3. The van der Waals surface area contributed by atoms with Crippen LogP contribution in [0.3, 0.4) is 0 Å². The lowest BCUT2D eigenvalue weighted by Gasteiger charge is -2.12. The first-order valence-electron chi connectivity index (χ1n) is 11.8. The smallest absolute Gasteiger partial charge is 0.419 e. The minimum atomic E-state index is -5.02. The van der Waals surface area contributed by atoms with E-state index in [1.54, 1.807) is 0 Å². The summed E-state index contributed by atoms with van der Waals surface area (Å²) in [5.74, 6) is -9.77. The molecule has 0 atom stereocenters. The van der Waals surface area contributed by atoms with Crippen molar-refractivity contribution in [2.45, 2.75) is 32.4 Å². The lowest BCUT2D eigenvalue weighted by molar-refractivity contribution is -0.140. The fourth-order valence-corrected chi connectivity index (χ4v) is 3.85. The van der Waals surface area contributed by atoms with Crippen LogP contribution in [0.5, 0.6) is 5.75 Å². The molecule has 0 saturated carbocycles. The summed E-state index contributed by atoms with van der Waals surface area (Å²) in [6, 6.07) is 3.82. The van der Waals surface area contributed by atoms with Gasteiger partial charge in [0.2, 0.25) is 0 Å². The topological polar surface area (TPSA) is 52.1 Å². The summed E-state index contributed by atoms with van der Waals surface area (Å²) in [6.45, 7) is 2.02. The number of rotatable bonds is 7. The molecule has 0 fully saturated rings. The van der Waals surface area contributed by atoms with E-state index in [1.807, 2.05) is 6.92 Å². The van der Waals surface area contributed by atoms with E-state index in [0.717, 1.165) is 37.0 Å². The molecule has 0 radical (unpaired) electrons. The zero-order chi connectivity index (χ0) is 29.2. The van der Waals surface area contributed by atoms with Gasteiger partial charge in [-0.2, -0.15) is 13.2 Å². The van der Waals surface area contributed by atoms with Crippen LogP contribution in [0.1, 0.15) is 41.3 Å². The molecule has 0 N–H and O–H groups in total. The number of esters is 1. The lowest BCUT2D eigenvalue weighted by Crippen LogP contribution is -2.14. The molecule has 4 rings (SSSR count). The predicted octanol–water partition coefficient (Wildman–Crippen LogP) is 8.09. The van der Waals surface area contributed by atoms with Crippen LogP contribution in [-0.2, 0) is 12.6 Å². The van der Waals surface area contributed by atoms with Crippen LogP contribution < -0.4 is 4.74 Å². The third-order valence-corrected chi connectivity index (χ3v) is 5.82. The maximum atomic E-state index is 14.9. The van der Waals surface area contributed by atoms with Gasteiger partial charge in [-0.1, -0.05) is 13.3 Å². The molecule has 1 aromatic heterocycles. The molecule has 0 aliphatic heterocycles. The number of carbonyl (C=O) groups is 1. The molecule has 1 heterocycles. The Bertz CT molecular complexity index is 1520. The summed E-state index contributed by atoms with van der Waals surface area (Å²) in [4.78, 5) is 20.5. The third-order valence-electron chi connectivity index (χ3n) is 5.82. The summed E-state index contributed by atoms with van der Waals surface area (Å²) < 4.78 is 116. The lowest BCUT2D eigenvalue weighted by atomic mass is 9.99. The second kappa shape index (κ2) is 11.4. The molecule has 0 spiro atoms. The molecule has 40 heavy (non-hydrogen) atoms. The van der Waals surface area contributed by atoms with Crippen molar-refractivity contribution < 1.29 is 44.7 Å². The van der Waals surface area contributed by atoms with E-state index in [9.17, 15) is 39.9 Å². The number of ether oxygens (including phenoxy) is 1. The van der Waals surface area contributed by atoms with Gasteiger partial charge in [0.1, 0.15) is 40.4 Å². The Balaban J connectivity index is 1.60. The van der Waals surface area contributed by atoms with Gasteiger partial charge in [0.25, 0.3) is 0 Å². The van der Waals surface area contributed by atoms with Crippen molar-refractivity contribution in [3.05, 3.63) is 101 Å². The van der Waals surface area contributed by atoms with E-state index in [4.69, 9.17) is 0 Å². The van der Waals surface area contributed by atoms with Crippen molar-refractivity contribution in [3.63, 3.8) is 0 Å². The highest BCUT2D eigenvalue weighted by molar-refractivity contribution is 5.92. The van der Waals surface area contributed by atoms with E-state index in [0.29, 0.717) is 18.2 Å². The van der Waals surface area contributed by atoms with Crippen LogP contribution in [0.4, 0.5) is 35.1 Å². The van der Waals surface area contributed by atoms with E-state index in [1.165, 1.54) is 12.4 Å². The van der Waals surface area contributed by atoms with Crippen molar-refractivity contribution >= 4 is 5.97 Å². The molecule has 0 bridgehead atoms. The molecule has 0 aliphatic rings. The number of halogens is 8. The minimum absolute atomic E-state index is 0.0225. The normalized spacial score (nSPS) is 11.5. The number of aryl methyl sites for hydroxylation is 1. The van der Waals surface area contributed by atoms with Gasteiger partial charge in [-0.15, -0.1) is 0 Å². The molecule has 0 amide bonds. The fraction of sp³-hybridized carbons (Fsp3) is 0.179. The monoisotopic (exact) mass is 566 g/mol. The molecule has 4 aromatic rings. The van der Waals surface area contributed by atoms with Crippen molar-refractivity contribution in [2.24, 2.45) is 0 Å². The summed E-state index contributed by atoms with van der Waals surface area (Å²) in [5, 5.41) is 0. The van der Waals surface area contributed by atoms with Gasteiger partial charge in [-0.3, -0.25) is 0 Å². The number of hydrogen-bond donors (Lipinski definition) is 0. The predicted molar refractivity (Wildman–Crippen MR) is 128 cm³/mol. The number of nitrogens with zero attached hydrogens (tertiary/aromatic N) is 2. The fourth-order valence-electron chi connectivity index (χ4n) is 3.85. The van der Waals surface area contributed by atoms with E-state index in [-0.39, 0.29) is 23.5 Å². The molecule has 3 aromatic carbocycles. The molecular formula is C28H18F8N2O2. The minimum Gasteiger partial charge on any atom is -0.423 e. The van der Waals surface area contributed by atoms with Crippen LogP contribution in [0, 0.1) is 29.1 Å². The van der Waals surface area contributed by atoms with Crippen molar-refractivity contribution in [3.8, 4) is 28.3 Å². The summed E-state index contributed by atoms with van der Waals surface area (Å²) >= 11 is 0. The first-order chi connectivity index (χ1) is 18.9. The zero-order valence-corrected chi connectivity index (χ0v) is 20.6. The Labute approximate surface area is 222 Å². The number of hydrogen-bond acceptors (Lipinski definition) is 4. The van der Waals surface area contributed by atoms with Crippen molar-refractivity contribution in [2.75, 3.05) is 0 Å². The number of alkyl halides is 3.